The molecule has 6 heteroatoms. The first kappa shape index (κ1) is 14.1. The minimum Gasteiger partial charge on any atom is -0.454 e. The predicted molar refractivity (Wildman–Crippen MR) is 81.1 cm³/mol. The third-order valence-electron chi connectivity index (χ3n) is 3.17. The molecule has 0 saturated carbocycles. The maximum absolute atomic E-state index is 11.9. The average Bonchev–Trinajstić information content (AvgIpc) is 3.01. The Bertz CT molecular complexity index is 714. The number of ether oxygens (including phenoxy) is 2. The number of hydrogen-bond acceptors (Lipinski definition) is 5. The van der Waals surface area contributed by atoms with Gasteiger partial charge in [0.2, 0.25) is 6.79 Å². The van der Waals surface area contributed by atoms with E-state index in [1.165, 1.54) is 6.20 Å². The molecule has 0 saturated heterocycles. The zero-order chi connectivity index (χ0) is 15.4. The minimum atomic E-state index is -0.280. The predicted octanol–water partition coefficient (Wildman–Crippen LogP) is 2.16. The summed E-state index contributed by atoms with van der Waals surface area (Å²) in [6.45, 7) is 2.11. The number of amides is 1. The number of aromatic nitrogens is 1. The normalized spacial score (nSPS) is 13.0. The number of fused-ring (bicyclic) bond motifs is 1. The van der Waals surface area contributed by atoms with Crippen LogP contribution in [0.25, 0.3) is 0 Å². The van der Waals surface area contributed by atoms with Crippen molar-refractivity contribution in [2.24, 2.45) is 5.10 Å². The van der Waals surface area contributed by atoms with Crippen molar-refractivity contribution in [3.63, 3.8) is 0 Å². The second-order valence-electron chi connectivity index (χ2n) is 4.89. The Balaban J connectivity index is 1.62. The standard InChI is InChI=1S/C16H15N3O3/c1-11(18-19-16(20)13-3-2-6-17-9-13)7-12-4-5-14-15(8-12)22-10-21-14/h2-6,8-9H,7,10H2,1H3,(H,19,20)/b18-11-. The van der Waals surface area contributed by atoms with Gasteiger partial charge in [0.25, 0.3) is 5.91 Å². The van der Waals surface area contributed by atoms with Crippen LogP contribution in [0, 0.1) is 0 Å². The molecule has 3 rings (SSSR count). The monoisotopic (exact) mass is 297 g/mol. The molecule has 1 amide bonds. The molecule has 0 spiro atoms. The average molecular weight is 297 g/mol. The zero-order valence-electron chi connectivity index (χ0n) is 12.1. The van der Waals surface area contributed by atoms with Gasteiger partial charge in [0.05, 0.1) is 5.56 Å². The van der Waals surface area contributed by atoms with Crippen molar-refractivity contribution in [3.8, 4) is 11.5 Å². The summed E-state index contributed by atoms with van der Waals surface area (Å²) < 4.78 is 10.6. The molecule has 22 heavy (non-hydrogen) atoms. The summed E-state index contributed by atoms with van der Waals surface area (Å²) in [6, 6.07) is 9.14. The maximum atomic E-state index is 11.9. The summed E-state index contributed by atoms with van der Waals surface area (Å²) in [4.78, 5) is 15.8. The summed E-state index contributed by atoms with van der Waals surface area (Å²) in [5.41, 5.74) is 4.83. The molecular formula is C16H15N3O3. The van der Waals surface area contributed by atoms with Gasteiger partial charge in [-0.15, -0.1) is 0 Å². The van der Waals surface area contributed by atoms with E-state index in [2.05, 4.69) is 15.5 Å². The van der Waals surface area contributed by atoms with Gasteiger partial charge in [-0.05, 0) is 36.8 Å². The number of hydrazone groups is 1. The number of nitrogens with zero attached hydrogens (tertiary/aromatic N) is 2. The topological polar surface area (TPSA) is 72.8 Å². The van der Waals surface area contributed by atoms with Crippen LogP contribution in [-0.2, 0) is 6.42 Å². The quantitative estimate of drug-likeness (QED) is 0.693. The molecule has 1 aliphatic rings. The highest BCUT2D eigenvalue weighted by molar-refractivity contribution is 5.95. The fourth-order valence-corrected chi connectivity index (χ4v) is 2.09. The minimum absolute atomic E-state index is 0.257. The van der Waals surface area contributed by atoms with Crippen molar-refractivity contribution in [2.75, 3.05) is 6.79 Å². The molecule has 0 aliphatic carbocycles. The first-order chi connectivity index (χ1) is 10.7. The van der Waals surface area contributed by atoms with Gasteiger partial charge in [-0.25, -0.2) is 5.43 Å². The molecule has 0 radical (unpaired) electrons. The molecular weight excluding hydrogens is 282 g/mol. The van der Waals surface area contributed by atoms with Crippen molar-refractivity contribution in [1.82, 2.24) is 10.4 Å². The fourth-order valence-electron chi connectivity index (χ4n) is 2.09. The lowest BCUT2D eigenvalue weighted by molar-refractivity contribution is 0.0954. The number of rotatable bonds is 4. The molecule has 1 aromatic carbocycles. The molecule has 6 nitrogen and oxygen atoms in total. The SMILES string of the molecule is C/C(Cc1ccc2c(c1)OCO2)=N/NC(=O)c1cccnc1. The van der Waals surface area contributed by atoms with Crippen LogP contribution in [0.5, 0.6) is 11.5 Å². The van der Waals surface area contributed by atoms with E-state index in [0.29, 0.717) is 12.0 Å². The third kappa shape index (κ3) is 3.22. The zero-order valence-corrected chi connectivity index (χ0v) is 12.1. The lowest BCUT2D eigenvalue weighted by atomic mass is 10.1. The lowest BCUT2D eigenvalue weighted by Gasteiger charge is -2.04. The van der Waals surface area contributed by atoms with E-state index in [0.717, 1.165) is 22.8 Å². The Labute approximate surface area is 127 Å². The van der Waals surface area contributed by atoms with Crippen molar-refractivity contribution in [2.45, 2.75) is 13.3 Å². The summed E-state index contributed by atoms with van der Waals surface area (Å²) in [6.07, 6.45) is 3.73. The third-order valence-corrected chi connectivity index (χ3v) is 3.17. The van der Waals surface area contributed by atoms with Crippen LogP contribution in [0.4, 0.5) is 0 Å². The molecule has 1 N–H and O–H groups in total. The van der Waals surface area contributed by atoms with Gasteiger partial charge in [-0.3, -0.25) is 9.78 Å². The summed E-state index contributed by atoms with van der Waals surface area (Å²) in [5, 5.41) is 4.11. The van der Waals surface area contributed by atoms with Gasteiger partial charge in [-0.1, -0.05) is 6.07 Å². The van der Waals surface area contributed by atoms with Gasteiger partial charge in [0.1, 0.15) is 0 Å². The van der Waals surface area contributed by atoms with Crippen molar-refractivity contribution in [1.29, 1.82) is 0 Å². The van der Waals surface area contributed by atoms with Gasteiger partial charge in [-0.2, -0.15) is 5.10 Å². The summed E-state index contributed by atoms with van der Waals surface area (Å²) in [7, 11) is 0. The first-order valence-electron chi connectivity index (χ1n) is 6.84. The largest absolute Gasteiger partial charge is 0.454 e. The molecule has 2 aromatic rings. The Morgan fingerprint density at radius 1 is 1.32 bits per heavy atom. The van der Waals surface area contributed by atoms with Crippen LogP contribution in [0.2, 0.25) is 0 Å². The van der Waals surface area contributed by atoms with Crippen LogP contribution in [0.15, 0.2) is 47.8 Å². The van der Waals surface area contributed by atoms with E-state index in [4.69, 9.17) is 9.47 Å². The molecule has 112 valence electrons. The molecule has 0 fully saturated rings. The van der Waals surface area contributed by atoms with Gasteiger partial charge in [0.15, 0.2) is 11.5 Å². The van der Waals surface area contributed by atoms with Crippen LogP contribution in [0.3, 0.4) is 0 Å². The summed E-state index contributed by atoms with van der Waals surface area (Å²) >= 11 is 0. The van der Waals surface area contributed by atoms with Gasteiger partial charge in [0, 0.05) is 24.5 Å². The van der Waals surface area contributed by atoms with E-state index < -0.39 is 0 Å². The smallest absolute Gasteiger partial charge is 0.272 e. The fraction of sp³-hybridized carbons (Fsp3) is 0.188. The van der Waals surface area contributed by atoms with Crippen molar-refractivity contribution >= 4 is 11.6 Å². The second kappa shape index (κ2) is 6.26. The maximum Gasteiger partial charge on any atom is 0.272 e. The number of nitrogens with one attached hydrogen (secondary N) is 1. The van der Waals surface area contributed by atoms with Crippen LogP contribution in [-0.4, -0.2) is 23.4 Å². The Hall–Kier alpha value is -2.89. The highest BCUT2D eigenvalue weighted by atomic mass is 16.7. The van der Waals surface area contributed by atoms with Crippen molar-refractivity contribution < 1.29 is 14.3 Å². The number of pyridine rings is 1. The van der Waals surface area contributed by atoms with Gasteiger partial charge < -0.3 is 9.47 Å². The van der Waals surface area contributed by atoms with Crippen LogP contribution in [0.1, 0.15) is 22.8 Å². The Kier molecular flexibility index (Phi) is 4.00. The van der Waals surface area contributed by atoms with E-state index in [1.54, 1.807) is 18.3 Å². The highest BCUT2D eigenvalue weighted by Crippen LogP contribution is 2.32. The van der Waals surface area contributed by atoms with E-state index in [1.807, 2.05) is 25.1 Å². The summed E-state index contributed by atoms with van der Waals surface area (Å²) in [5.74, 6) is 1.21. The first-order valence-corrected chi connectivity index (χ1v) is 6.84. The van der Waals surface area contributed by atoms with E-state index >= 15 is 0 Å². The molecule has 0 bridgehead atoms. The molecule has 0 unspecified atom stereocenters. The highest BCUT2D eigenvalue weighted by Gasteiger charge is 2.13. The molecule has 0 atom stereocenters. The van der Waals surface area contributed by atoms with E-state index in [-0.39, 0.29) is 12.7 Å². The number of hydrogen-bond donors (Lipinski definition) is 1. The Morgan fingerprint density at radius 3 is 3.00 bits per heavy atom. The van der Waals surface area contributed by atoms with Crippen molar-refractivity contribution in [3.05, 3.63) is 53.9 Å². The van der Waals surface area contributed by atoms with Crippen LogP contribution < -0.4 is 14.9 Å². The van der Waals surface area contributed by atoms with Gasteiger partial charge >= 0.3 is 0 Å². The molecule has 2 heterocycles. The number of benzene rings is 1. The molecule has 1 aromatic heterocycles. The lowest BCUT2D eigenvalue weighted by Crippen LogP contribution is -2.19. The Morgan fingerprint density at radius 2 is 2.18 bits per heavy atom. The number of carbonyl (C=O) groups excluding carboxylic acids is 1. The van der Waals surface area contributed by atoms with Crippen LogP contribution >= 0.6 is 0 Å². The number of carbonyl (C=O) groups is 1. The van der Waals surface area contributed by atoms with E-state index in [9.17, 15) is 4.79 Å². The second-order valence-corrected chi connectivity index (χ2v) is 4.89. The molecule has 1 aliphatic heterocycles.